The first-order chi connectivity index (χ1) is 13.8. The molecule has 1 aliphatic heterocycles. The van der Waals surface area contributed by atoms with Crippen molar-refractivity contribution in [2.24, 2.45) is 0 Å². The largest absolute Gasteiger partial charge is 0.467 e. The number of furan rings is 1. The summed E-state index contributed by atoms with van der Waals surface area (Å²) in [5.41, 5.74) is 0.643. The van der Waals surface area contributed by atoms with Crippen molar-refractivity contribution in [2.75, 3.05) is 18.0 Å². The average molecular weight is 415 g/mol. The van der Waals surface area contributed by atoms with Crippen molar-refractivity contribution < 1.29 is 4.42 Å². The molecule has 0 unspecified atom stereocenters. The van der Waals surface area contributed by atoms with Crippen LogP contribution < -0.4 is 10.5 Å². The highest BCUT2D eigenvalue weighted by atomic mass is 32.2. The predicted molar refractivity (Wildman–Crippen MR) is 109 cm³/mol. The van der Waals surface area contributed by atoms with E-state index in [-0.39, 0.29) is 5.56 Å². The van der Waals surface area contributed by atoms with Crippen LogP contribution in [0.15, 0.2) is 44.2 Å². The molecule has 0 aliphatic carbocycles. The maximum atomic E-state index is 12.2. The number of hydrogen-bond acceptors (Lipinski definition) is 8. The summed E-state index contributed by atoms with van der Waals surface area (Å²) in [6.45, 7) is 2.55. The van der Waals surface area contributed by atoms with Gasteiger partial charge in [-0.15, -0.1) is 21.5 Å². The Labute approximate surface area is 168 Å². The van der Waals surface area contributed by atoms with Crippen molar-refractivity contribution >= 4 is 39.3 Å². The van der Waals surface area contributed by atoms with Crippen LogP contribution >= 0.6 is 23.1 Å². The molecule has 10 heteroatoms. The lowest BCUT2D eigenvalue weighted by molar-refractivity contribution is 0.483. The van der Waals surface area contributed by atoms with E-state index in [2.05, 4.69) is 29.6 Å². The summed E-state index contributed by atoms with van der Waals surface area (Å²) >= 11 is 2.92. The smallest absolute Gasteiger partial charge is 0.268 e. The third-order valence-corrected chi connectivity index (χ3v) is 6.56. The summed E-state index contributed by atoms with van der Waals surface area (Å²) in [4.78, 5) is 21.9. The molecule has 28 heavy (non-hydrogen) atoms. The fourth-order valence-corrected chi connectivity index (χ4v) is 4.89. The fourth-order valence-electron chi connectivity index (χ4n) is 3.36. The molecule has 0 atom stereocenters. The molecule has 4 aromatic heterocycles. The molecule has 0 aromatic carbocycles. The van der Waals surface area contributed by atoms with Gasteiger partial charge in [-0.1, -0.05) is 11.8 Å². The molecule has 1 fully saturated rings. The van der Waals surface area contributed by atoms with Gasteiger partial charge < -0.3 is 14.3 Å². The van der Waals surface area contributed by atoms with Gasteiger partial charge in [-0.2, -0.15) is 0 Å². The van der Waals surface area contributed by atoms with Crippen molar-refractivity contribution in [1.82, 2.24) is 24.7 Å². The zero-order chi connectivity index (χ0) is 18.9. The Morgan fingerprint density at radius 3 is 2.96 bits per heavy atom. The lowest BCUT2D eigenvalue weighted by Crippen LogP contribution is -2.22. The van der Waals surface area contributed by atoms with Crippen LogP contribution in [0.25, 0.3) is 10.2 Å². The van der Waals surface area contributed by atoms with Crippen LogP contribution in [0, 0.1) is 0 Å². The van der Waals surface area contributed by atoms with E-state index in [9.17, 15) is 4.79 Å². The molecule has 0 saturated carbocycles. The Kier molecular flexibility index (Phi) is 4.65. The van der Waals surface area contributed by atoms with E-state index in [1.165, 1.54) is 35.9 Å². The summed E-state index contributed by atoms with van der Waals surface area (Å²) in [5, 5.41) is 11.5. The van der Waals surface area contributed by atoms with E-state index in [1.54, 1.807) is 6.26 Å². The Morgan fingerprint density at radius 1 is 1.25 bits per heavy atom. The number of thiophene rings is 1. The Bertz CT molecular complexity index is 1140. The monoisotopic (exact) mass is 414 g/mol. The Morgan fingerprint density at radius 2 is 2.14 bits per heavy atom. The second kappa shape index (κ2) is 7.44. The van der Waals surface area contributed by atoms with Crippen LogP contribution in [0.3, 0.4) is 0 Å². The minimum atomic E-state index is -0.0922. The van der Waals surface area contributed by atoms with Gasteiger partial charge in [0, 0.05) is 13.1 Å². The molecule has 5 heterocycles. The van der Waals surface area contributed by atoms with Gasteiger partial charge in [0.1, 0.15) is 16.3 Å². The minimum Gasteiger partial charge on any atom is -0.467 e. The van der Waals surface area contributed by atoms with E-state index in [0.717, 1.165) is 35.5 Å². The van der Waals surface area contributed by atoms with E-state index in [4.69, 9.17) is 4.42 Å². The van der Waals surface area contributed by atoms with E-state index >= 15 is 0 Å². The highest BCUT2D eigenvalue weighted by Crippen LogP contribution is 2.27. The van der Waals surface area contributed by atoms with Crippen molar-refractivity contribution in [2.45, 2.75) is 30.3 Å². The molecule has 4 aromatic rings. The zero-order valence-corrected chi connectivity index (χ0v) is 16.6. The minimum absolute atomic E-state index is 0.0922. The molecular formula is C18H18N6O2S2. The van der Waals surface area contributed by atoms with Crippen LogP contribution in [0.1, 0.15) is 24.4 Å². The number of fused-ring (bicyclic) bond motifs is 1. The van der Waals surface area contributed by atoms with E-state index < -0.39 is 0 Å². The topological polar surface area (TPSA) is 92.8 Å². The molecular weight excluding hydrogens is 396 g/mol. The number of aromatic amines is 1. The predicted octanol–water partition coefficient (Wildman–Crippen LogP) is 3.11. The van der Waals surface area contributed by atoms with Gasteiger partial charge in [-0.3, -0.25) is 9.36 Å². The van der Waals surface area contributed by atoms with Crippen molar-refractivity contribution in [3.63, 3.8) is 0 Å². The van der Waals surface area contributed by atoms with Crippen LogP contribution in [0.4, 0.5) is 5.95 Å². The van der Waals surface area contributed by atoms with Gasteiger partial charge >= 0.3 is 0 Å². The SMILES string of the molecule is O=c1[nH]c(CSc2nnc(N3CCCC3)n2Cc2ccco2)nc2ccsc12. The standard InChI is InChI=1S/C18H18N6O2S2/c25-16-15-13(5-9-27-15)19-14(20-16)11-28-18-22-21-17(23-6-1-2-7-23)24(18)10-12-4-3-8-26-12/h3-5,8-9H,1-2,6-7,10-11H2,(H,19,20,25). The summed E-state index contributed by atoms with van der Waals surface area (Å²) in [7, 11) is 0. The molecule has 144 valence electrons. The molecule has 5 rings (SSSR count). The summed E-state index contributed by atoms with van der Waals surface area (Å²) < 4.78 is 8.27. The zero-order valence-electron chi connectivity index (χ0n) is 15.0. The second-order valence-electron chi connectivity index (χ2n) is 6.58. The number of nitrogens with zero attached hydrogens (tertiary/aromatic N) is 5. The Balaban J connectivity index is 1.42. The van der Waals surface area contributed by atoms with Crippen molar-refractivity contribution in [3.8, 4) is 0 Å². The molecule has 0 amide bonds. The van der Waals surface area contributed by atoms with Crippen LogP contribution in [-0.2, 0) is 12.3 Å². The molecule has 0 spiro atoms. The van der Waals surface area contributed by atoms with Gasteiger partial charge in [0.15, 0.2) is 5.16 Å². The van der Waals surface area contributed by atoms with Crippen molar-refractivity contribution in [1.29, 1.82) is 0 Å². The molecule has 8 nitrogen and oxygen atoms in total. The number of thioether (sulfide) groups is 1. The number of hydrogen-bond donors (Lipinski definition) is 1. The summed E-state index contributed by atoms with van der Waals surface area (Å²) in [6.07, 6.45) is 4.01. The van der Waals surface area contributed by atoms with E-state index in [1.807, 2.05) is 23.6 Å². The van der Waals surface area contributed by atoms with E-state index in [0.29, 0.717) is 22.8 Å². The first-order valence-corrected chi connectivity index (χ1v) is 10.9. The van der Waals surface area contributed by atoms with Gasteiger partial charge in [-0.25, -0.2) is 4.98 Å². The van der Waals surface area contributed by atoms with Gasteiger partial charge in [-0.05, 0) is 36.4 Å². The average Bonchev–Trinajstić information content (AvgIpc) is 3.47. The third kappa shape index (κ3) is 3.33. The number of H-pyrrole nitrogens is 1. The van der Waals surface area contributed by atoms with Crippen LogP contribution in [0.2, 0.25) is 0 Å². The van der Waals surface area contributed by atoms with Crippen LogP contribution in [-0.4, -0.2) is 37.8 Å². The van der Waals surface area contributed by atoms with Gasteiger partial charge in [0.05, 0.1) is 24.1 Å². The highest BCUT2D eigenvalue weighted by molar-refractivity contribution is 7.98. The van der Waals surface area contributed by atoms with Gasteiger partial charge in [0.25, 0.3) is 5.56 Å². The van der Waals surface area contributed by atoms with Crippen LogP contribution in [0.5, 0.6) is 0 Å². The molecule has 1 N–H and O–H groups in total. The van der Waals surface area contributed by atoms with Crippen molar-refractivity contribution in [3.05, 3.63) is 51.8 Å². The molecule has 0 radical (unpaired) electrons. The second-order valence-corrected chi connectivity index (χ2v) is 8.44. The number of aromatic nitrogens is 5. The van der Waals surface area contributed by atoms with Gasteiger partial charge in [0.2, 0.25) is 5.95 Å². The Hall–Kier alpha value is -2.59. The molecule has 0 bridgehead atoms. The number of nitrogens with one attached hydrogen (secondary N) is 1. The highest BCUT2D eigenvalue weighted by Gasteiger charge is 2.22. The number of anilines is 1. The quantitative estimate of drug-likeness (QED) is 0.485. The maximum Gasteiger partial charge on any atom is 0.268 e. The summed E-state index contributed by atoms with van der Waals surface area (Å²) in [5.74, 6) is 2.87. The first-order valence-electron chi connectivity index (χ1n) is 9.07. The normalized spacial score (nSPS) is 14.4. The lowest BCUT2D eigenvalue weighted by Gasteiger charge is -2.17. The summed E-state index contributed by atoms with van der Waals surface area (Å²) in [6, 6.07) is 5.70. The first kappa shape index (κ1) is 17.5. The lowest BCUT2D eigenvalue weighted by atomic mass is 10.4. The fraction of sp³-hybridized carbons (Fsp3) is 0.333. The molecule has 1 saturated heterocycles. The molecule has 1 aliphatic rings. The maximum absolute atomic E-state index is 12.2. The number of rotatable bonds is 6. The third-order valence-electron chi connectivity index (χ3n) is 4.68.